The van der Waals surface area contributed by atoms with Crippen molar-refractivity contribution in [2.75, 3.05) is 30.3 Å². The van der Waals surface area contributed by atoms with Gasteiger partial charge >= 0.3 is 0 Å². The normalized spacial score (nSPS) is 17.5. The second-order valence-corrected chi connectivity index (χ2v) is 7.28. The van der Waals surface area contributed by atoms with Gasteiger partial charge in [-0.2, -0.15) is 5.26 Å². The molecule has 0 saturated carbocycles. The van der Waals surface area contributed by atoms with Crippen molar-refractivity contribution in [1.82, 2.24) is 5.32 Å². The Morgan fingerprint density at radius 3 is 2.91 bits per heavy atom. The molecule has 1 fully saturated rings. The summed E-state index contributed by atoms with van der Waals surface area (Å²) in [6, 6.07) is 8.09. The SMILES string of the molecule is CS(=O)(=O)N(CC(=O)NCC1CCCO1)c1cccc(C#N)c1. The van der Waals surface area contributed by atoms with Crippen LogP contribution in [0.4, 0.5) is 5.69 Å². The van der Waals surface area contributed by atoms with Crippen molar-refractivity contribution in [3.8, 4) is 6.07 Å². The third kappa shape index (κ3) is 4.94. The lowest BCUT2D eigenvalue weighted by molar-refractivity contribution is -0.120. The van der Waals surface area contributed by atoms with Crippen molar-refractivity contribution in [3.05, 3.63) is 29.8 Å². The maximum absolute atomic E-state index is 12.0. The van der Waals surface area contributed by atoms with Gasteiger partial charge in [0, 0.05) is 13.2 Å². The van der Waals surface area contributed by atoms with Crippen molar-refractivity contribution in [2.45, 2.75) is 18.9 Å². The Hall–Kier alpha value is -2.11. The standard InChI is InChI=1S/C15H19N3O4S/c1-23(20,21)18(13-5-2-4-12(8-13)9-16)11-15(19)17-10-14-6-3-7-22-14/h2,4-5,8,14H,3,6-7,10-11H2,1H3,(H,17,19). The summed E-state index contributed by atoms with van der Waals surface area (Å²) >= 11 is 0. The maximum Gasteiger partial charge on any atom is 0.240 e. The molecule has 1 aromatic rings. The summed E-state index contributed by atoms with van der Waals surface area (Å²) in [6.45, 7) is 0.728. The molecule has 124 valence electrons. The predicted molar refractivity (Wildman–Crippen MR) is 85.3 cm³/mol. The number of benzene rings is 1. The van der Waals surface area contributed by atoms with Gasteiger partial charge in [-0.15, -0.1) is 0 Å². The van der Waals surface area contributed by atoms with Crippen LogP contribution in [0.2, 0.25) is 0 Å². The summed E-state index contributed by atoms with van der Waals surface area (Å²) in [4.78, 5) is 12.0. The number of nitrogens with one attached hydrogen (secondary N) is 1. The van der Waals surface area contributed by atoms with E-state index in [0.717, 1.165) is 23.4 Å². The highest BCUT2D eigenvalue weighted by Gasteiger charge is 2.22. The molecule has 23 heavy (non-hydrogen) atoms. The molecule has 1 aliphatic rings. The molecule has 7 nitrogen and oxygen atoms in total. The highest BCUT2D eigenvalue weighted by Crippen LogP contribution is 2.18. The molecule has 1 aromatic carbocycles. The van der Waals surface area contributed by atoms with E-state index in [0.29, 0.717) is 24.4 Å². The second kappa shape index (κ2) is 7.44. The Bertz CT molecular complexity index is 706. The highest BCUT2D eigenvalue weighted by molar-refractivity contribution is 7.92. The molecule has 0 aromatic heterocycles. The number of ether oxygens (including phenoxy) is 1. The Morgan fingerprint density at radius 1 is 1.52 bits per heavy atom. The molecule has 1 amide bonds. The number of carbonyl (C=O) groups is 1. The first-order chi connectivity index (χ1) is 10.9. The minimum Gasteiger partial charge on any atom is -0.376 e. The van der Waals surface area contributed by atoms with Crippen LogP contribution in [0.25, 0.3) is 0 Å². The molecule has 1 heterocycles. The van der Waals surface area contributed by atoms with E-state index in [9.17, 15) is 13.2 Å². The van der Waals surface area contributed by atoms with Crippen LogP contribution < -0.4 is 9.62 Å². The maximum atomic E-state index is 12.0. The fraction of sp³-hybridized carbons (Fsp3) is 0.467. The van der Waals surface area contributed by atoms with Crippen LogP contribution in [0.3, 0.4) is 0 Å². The third-order valence-corrected chi connectivity index (χ3v) is 4.64. The lowest BCUT2D eigenvalue weighted by Crippen LogP contribution is -2.42. The first kappa shape index (κ1) is 17.2. The number of hydrogen-bond donors (Lipinski definition) is 1. The summed E-state index contributed by atoms with van der Waals surface area (Å²) in [6.07, 6.45) is 2.88. The number of hydrogen-bond acceptors (Lipinski definition) is 5. The van der Waals surface area contributed by atoms with Crippen LogP contribution >= 0.6 is 0 Å². The zero-order valence-corrected chi connectivity index (χ0v) is 13.7. The number of carbonyl (C=O) groups excluding carboxylic acids is 1. The van der Waals surface area contributed by atoms with Gasteiger partial charge in [-0.1, -0.05) is 6.07 Å². The number of nitrogens with zero attached hydrogens (tertiary/aromatic N) is 2. The Labute approximate surface area is 135 Å². The largest absolute Gasteiger partial charge is 0.376 e. The van der Waals surface area contributed by atoms with Crippen molar-refractivity contribution in [1.29, 1.82) is 5.26 Å². The number of nitriles is 1. The van der Waals surface area contributed by atoms with Gasteiger partial charge in [0.2, 0.25) is 15.9 Å². The zero-order chi connectivity index (χ0) is 16.9. The smallest absolute Gasteiger partial charge is 0.240 e. The van der Waals surface area contributed by atoms with Crippen LogP contribution in [0.1, 0.15) is 18.4 Å². The average Bonchev–Trinajstić information content (AvgIpc) is 3.03. The van der Waals surface area contributed by atoms with E-state index in [1.165, 1.54) is 6.07 Å². The lowest BCUT2D eigenvalue weighted by Gasteiger charge is -2.22. The third-order valence-electron chi connectivity index (χ3n) is 3.50. The molecule has 1 aliphatic heterocycles. The minimum atomic E-state index is -3.64. The van der Waals surface area contributed by atoms with E-state index in [1.807, 2.05) is 6.07 Å². The van der Waals surface area contributed by atoms with E-state index in [4.69, 9.17) is 10.00 Å². The Balaban J connectivity index is 2.06. The fourth-order valence-electron chi connectivity index (χ4n) is 2.35. The summed E-state index contributed by atoms with van der Waals surface area (Å²) < 4.78 is 30.3. The molecule has 0 bridgehead atoms. The van der Waals surface area contributed by atoms with E-state index >= 15 is 0 Å². The van der Waals surface area contributed by atoms with Crippen molar-refractivity contribution in [2.24, 2.45) is 0 Å². The summed E-state index contributed by atoms with van der Waals surface area (Å²) in [7, 11) is -3.64. The van der Waals surface area contributed by atoms with E-state index in [-0.39, 0.29) is 12.6 Å². The first-order valence-corrected chi connectivity index (χ1v) is 9.11. The van der Waals surface area contributed by atoms with Crippen LogP contribution in [-0.4, -0.2) is 46.4 Å². The van der Waals surface area contributed by atoms with Gasteiger partial charge in [-0.05, 0) is 31.0 Å². The van der Waals surface area contributed by atoms with Crippen LogP contribution in [-0.2, 0) is 19.6 Å². The molecule has 1 saturated heterocycles. The Kier molecular flexibility index (Phi) is 5.58. The van der Waals surface area contributed by atoms with Gasteiger partial charge in [0.1, 0.15) is 6.54 Å². The van der Waals surface area contributed by atoms with Gasteiger partial charge in [-0.25, -0.2) is 8.42 Å². The van der Waals surface area contributed by atoms with Crippen LogP contribution in [0, 0.1) is 11.3 Å². The number of anilines is 1. The number of sulfonamides is 1. The minimum absolute atomic E-state index is 0.00690. The topological polar surface area (TPSA) is 99.5 Å². The quantitative estimate of drug-likeness (QED) is 0.820. The Morgan fingerprint density at radius 2 is 2.30 bits per heavy atom. The zero-order valence-electron chi connectivity index (χ0n) is 12.9. The monoisotopic (exact) mass is 337 g/mol. The van der Waals surface area contributed by atoms with Crippen molar-refractivity contribution in [3.63, 3.8) is 0 Å². The van der Waals surface area contributed by atoms with E-state index < -0.39 is 15.9 Å². The van der Waals surface area contributed by atoms with E-state index in [2.05, 4.69) is 5.32 Å². The fourth-order valence-corrected chi connectivity index (χ4v) is 3.20. The van der Waals surface area contributed by atoms with Crippen LogP contribution in [0.5, 0.6) is 0 Å². The molecule has 1 unspecified atom stereocenters. The molecule has 8 heteroatoms. The van der Waals surface area contributed by atoms with E-state index in [1.54, 1.807) is 18.2 Å². The van der Waals surface area contributed by atoms with Crippen molar-refractivity contribution < 1.29 is 17.9 Å². The summed E-state index contributed by atoms with van der Waals surface area (Å²) in [5, 5.41) is 11.6. The number of rotatable bonds is 6. The predicted octanol–water partition coefficient (Wildman–Crippen LogP) is 0.619. The number of amides is 1. The molecule has 2 rings (SSSR count). The molecular formula is C15H19N3O4S. The highest BCUT2D eigenvalue weighted by atomic mass is 32.2. The van der Waals surface area contributed by atoms with Gasteiger partial charge < -0.3 is 10.1 Å². The lowest BCUT2D eigenvalue weighted by atomic mass is 10.2. The molecule has 0 radical (unpaired) electrons. The average molecular weight is 337 g/mol. The molecule has 0 aliphatic carbocycles. The van der Waals surface area contributed by atoms with Crippen LogP contribution in [0.15, 0.2) is 24.3 Å². The summed E-state index contributed by atoms with van der Waals surface area (Å²) in [5.74, 6) is -0.409. The second-order valence-electron chi connectivity index (χ2n) is 5.37. The molecule has 1 atom stereocenters. The van der Waals surface area contributed by atoms with Crippen molar-refractivity contribution >= 4 is 21.6 Å². The van der Waals surface area contributed by atoms with Gasteiger partial charge in [0.25, 0.3) is 0 Å². The van der Waals surface area contributed by atoms with Gasteiger partial charge in [-0.3, -0.25) is 9.10 Å². The molecular weight excluding hydrogens is 318 g/mol. The van der Waals surface area contributed by atoms with Gasteiger partial charge in [0.05, 0.1) is 29.7 Å². The first-order valence-electron chi connectivity index (χ1n) is 7.26. The molecule has 0 spiro atoms. The summed E-state index contributed by atoms with van der Waals surface area (Å²) in [5.41, 5.74) is 0.620. The van der Waals surface area contributed by atoms with Gasteiger partial charge in [0.15, 0.2) is 0 Å². The molecule has 1 N–H and O–H groups in total.